The molecule has 2 aromatic carbocycles. The van der Waals surface area contributed by atoms with Crippen LogP contribution in [-0.4, -0.2) is 27.5 Å². The van der Waals surface area contributed by atoms with Gasteiger partial charge in [-0.3, -0.25) is 4.90 Å². The van der Waals surface area contributed by atoms with Gasteiger partial charge in [-0.25, -0.2) is 4.98 Å². The first kappa shape index (κ1) is 16.3. The molecule has 3 nitrogen and oxygen atoms in total. The Morgan fingerprint density at radius 2 is 1.64 bits per heavy atom. The summed E-state index contributed by atoms with van der Waals surface area (Å²) in [5.74, 6) is 1.77. The number of hydrogen-bond acceptors (Lipinski definition) is 2. The van der Waals surface area contributed by atoms with Gasteiger partial charge < -0.3 is 4.57 Å². The van der Waals surface area contributed by atoms with Crippen molar-refractivity contribution in [3.63, 3.8) is 0 Å². The lowest BCUT2D eigenvalue weighted by molar-refractivity contribution is 0.318. The molecule has 2 heterocycles. The fourth-order valence-electron chi connectivity index (χ4n) is 3.75. The van der Waals surface area contributed by atoms with Gasteiger partial charge in [-0.2, -0.15) is 0 Å². The van der Waals surface area contributed by atoms with E-state index in [1.165, 1.54) is 48.4 Å². The molecule has 1 saturated heterocycles. The van der Waals surface area contributed by atoms with E-state index in [9.17, 15) is 0 Å². The van der Waals surface area contributed by atoms with Gasteiger partial charge in [0, 0.05) is 6.54 Å². The zero-order valence-corrected chi connectivity index (χ0v) is 15.3. The van der Waals surface area contributed by atoms with Crippen LogP contribution in [0.15, 0.2) is 48.5 Å². The lowest BCUT2D eigenvalue weighted by Gasteiger charge is -2.16. The molecule has 0 unspecified atom stereocenters. The molecular weight excluding hydrogens is 306 g/mol. The lowest BCUT2D eigenvalue weighted by atomic mass is 10.0. The van der Waals surface area contributed by atoms with Crippen molar-refractivity contribution >= 4 is 11.0 Å². The van der Waals surface area contributed by atoms with E-state index in [1.807, 2.05) is 0 Å². The van der Waals surface area contributed by atoms with Crippen molar-refractivity contribution in [2.45, 2.75) is 45.7 Å². The molecule has 3 heteroatoms. The molecule has 4 rings (SSSR count). The molecular formula is C22H27N3. The Bertz CT molecular complexity index is 839. The topological polar surface area (TPSA) is 21.1 Å². The van der Waals surface area contributed by atoms with Gasteiger partial charge in [0.25, 0.3) is 0 Å². The highest BCUT2D eigenvalue weighted by Crippen LogP contribution is 2.22. The first-order valence-electron chi connectivity index (χ1n) is 9.46. The van der Waals surface area contributed by atoms with E-state index in [0.29, 0.717) is 5.92 Å². The lowest BCUT2D eigenvalue weighted by Crippen LogP contribution is -2.21. The molecule has 130 valence electrons. The number of fused-ring (bicyclic) bond motifs is 1. The summed E-state index contributed by atoms with van der Waals surface area (Å²) in [6.07, 6.45) is 2.63. The molecule has 0 bridgehead atoms. The second-order valence-electron chi connectivity index (χ2n) is 7.48. The van der Waals surface area contributed by atoms with Gasteiger partial charge in [0.2, 0.25) is 0 Å². The number of imidazole rings is 1. The number of likely N-dealkylation sites (tertiary alicyclic amines) is 1. The van der Waals surface area contributed by atoms with E-state index in [4.69, 9.17) is 4.98 Å². The number of nitrogens with zero attached hydrogens (tertiary/aromatic N) is 3. The van der Waals surface area contributed by atoms with Crippen LogP contribution in [-0.2, 0) is 13.1 Å². The Labute approximate surface area is 150 Å². The largest absolute Gasteiger partial charge is 0.322 e. The molecule has 0 spiro atoms. The first-order valence-corrected chi connectivity index (χ1v) is 9.46. The van der Waals surface area contributed by atoms with Gasteiger partial charge in [0.1, 0.15) is 5.82 Å². The van der Waals surface area contributed by atoms with Crippen molar-refractivity contribution in [2.75, 3.05) is 13.1 Å². The average Bonchev–Trinajstić information content (AvgIpc) is 3.24. The van der Waals surface area contributed by atoms with Crippen LogP contribution >= 0.6 is 0 Å². The molecule has 0 radical (unpaired) electrons. The van der Waals surface area contributed by atoms with Crippen molar-refractivity contribution in [3.05, 3.63) is 65.5 Å². The normalized spacial score (nSPS) is 15.5. The predicted octanol–water partition coefficient (Wildman–Crippen LogP) is 4.80. The summed E-state index contributed by atoms with van der Waals surface area (Å²) < 4.78 is 2.40. The van der Waals surface area contributed by atoms with Crippen LogP contribution in [0.4, 0.5) is 0 Å². The summed E-state index contributed by atoms with van der Waals surface area (Å²) in [7, 11) is 0. The monoisotopic (exact) mass is 333 g/mol. The summed E-state index contributed by atoms with van der Waals surface area (Å²) in [6, 6.07) is 17.6. The van der Waals surface area contributed by atoms with Crippen molar-refractivity contribution in [1.82, 2.24) is 14.5 Å². The Balaban J connectivity index is 1.66. The number of hydrogen-bond donors (Lipinski definition) is 0. The number of rotatable bonds is 5. The molecule has 0 amide bonds. The van der Waals surface area contributed by atoms with Crippen LogP contribution in [0, 0.1) is 0 Å². The van der Waals surface area contributed by atoms with Crippen molar-refractivity contribution in [1.29, 1.82) is 0 Å². The van der Waals surface area contributed by atoms with Crippen LogP contribution in [0.1, 0.15) is 49.6 Å². The van der Waals surface area contributed by atoms with Gasteiger partial charge in [-0.1, -0.05) is 50.2 Å². The fraction of sp³-hybridized carbons (Fsp3) is 0.409. The molecule has 0 atom stereocenters. The first-order chi connectivity index (χ1) is 12.2. The van der Waals surface area contributed by atoms with Gasteiger partial charge >= 0.3 is 0 Å². The fourth-order valence-corrected chi connectivity index (χ4v) is 3.75. The van der Waals surface area contributed by atoms with Crippen LogP contribution in [0.5, 0.6) is 0 Å². The third-order valence-electron chi connectivity index (χ3n) is 5.28. The van der Waals surface area contributed by atoms with Gasteiger partial charge in [-0.15, -0.1) is 0 Å². The zero-order valence-electron chi connectivity index (χ0n) is 15.3. The van der Waals surface area contributed by atoms with E-state index in [-0.39, 0.29) is 0 Å². The molecule has 1 fully saturated rings. The molecule has 3 aromatic rings. The Hall–Kier alpha value is -2.13. The summed E-state index contributed by atoms with van der Waals surface area (Å²) in [4.78, 5) is 7.47. The number of benzene rings is 2. The molecule has 25 heavy (non-hydrogen) atoms. The van der Waals surface area contributed by atoms with Gasteiger partial charge in [-0.05, 0) is 55.1 Å². The maximum absolute atomic E-state index is 4.94. The van der Waals surface area contributed by atoms with E-state index in [1.54, 1.807) is 0 Å². The highest BCUT2D eigenvalue weighted by atomic mass is 15.2. The number of aromatic nitrogens is 2. The second kappa shape index (κ2) is 7.01. The second-order valence-corrected chi connectivity index (χ2v) is 7.48. The Morgan fingerprint density at radius 1 is 0.920 bits per heavy atom. The summed E-state index contributed by atoms with van der Waals surface area (Å²) in [5.41, 5.74) is 5.09. The zero-order chi connectivity index (χ0) is 17.2. The minimum Gasteiger partial charge on any atom is -0.322 e. The molecule has 0 saturated carbocycles. The molecule has 0 N–H and O–H groups in total. The van der Waals surface area contributed by atoms with Crippen LogP contribution < -0.4 is 0 Å². The van der Waals surface area contributed by atoms with Crippen molar-refractivity contribution in [2.24, 2.45) is 0 Å². The average molecular weight is 333 g/mol. The summed E-state index contributed by atoms with van der Waals surface area (Å²) in [6.45, 7) is 8.73. The summed E-state index contributed by atoms with van der Waals surface area (Å²) in [5, 5.41) is 0. The quantitative estimate of drug-likeness (QED) is 0.668. The van der Waals surface area contributed by atoms with E-state index in [0.717, 1.165) is 18.6 Å². The third kappa shape index (κ3) is 3.47. The van der Waals surface area contributed by atoms with Crippen LogP contribution in [0.2, 0.25) is 0 Å². The Morgan fingerprint density at radius 3 is 2.36 bits per heavy atom. The van der Waals surface area contributed by atoms with Gasteiger partial charge in [0.15, 0.2) is 0 Å². The van der Waals surface area contributed by atoms with E-state index >= 15 is 0 Å². The predicted molar refractivity (Wildman–Crippen MR) is 104 cm³/mol. The molecule has 1 aliphatic rings. The Kier molecular flexibility index (Phi) is 4.58. The SMILES string of the molecule is CC(C)c1ccc(Cn2c(CN3CCCC3)nc3ccccc32)cc1. The smallest absolute Gasteiger partial charge is 0.124 e. The minimum atomic E-state index is 0.578. The standard InChI is InChI=1S/C22H27N3/c1-17(2)19-11-9-18(10-12-19)15-25-21-8-4-3-7-20(21)23-22(25)16-24-13-5-6-14-24/h3-4,7-12,17H,5-6,13-16H2,1-2H3. The highest BCUT2D eigenvalue weighted by molar-refractivity contribution is 5.76. The van der Waals surface area contributed by atoms with Crippen LogP contribution in [0.3, 0.4) is 0 Å². The summed E-state index contributed by atoms with van der Waals surface area (Å²) >= 11 is 0. The molecule has 0 aliphatic carbocycles. The highest BCUT2D eigenvalue weighted by Gasteiger charge is 2.17. The van der Waals surface area contributed by atoms with Crippen LogP contribution in [0.25, 0.3) is 11.0 Å². The van der Waals surface area contributed by atoms with Crippen molar-refractivity contribution in [3.8, 4) is 0 Å². The van der Waals surface area contributed by atoms with E-state index in [2.05, 4.69) is 71.8 Å². The van der Waals surface area contributed by atoms with Gasteiger partial charge in [0.05, 0.1) is 17.6 Å². The van der Waals surface area contributed by atoms with Crippen molar-refractivity contribution < 1.29 is 0 Å². The number of para-hydroxylation sites is 2. The molecule has 1 aliphatic heterocycles. The minimum absolute atomic E-state index is 0.578. The molecule has 1 aromatic heterocycles. The maximum atomic E-state index is 4.94. The van der Waals surface area contributed by atoms with E-state index < -0.39 is 0 Å². The maximum Gasteiger partial charge on any atom is 0.124 e. The third-order valence-corrected chi connectivity index (χ3v) is 5.28.